The van der Waals surface area contributed by atoms with E-state index >= 15 is 0 Å². The van der Waals surface area contributed by atoms with Gasteiger partial charge in [-0.25, -0.2) is 0 Å². The molecule has 0 spiro atoms. The van der Waals surface area contributed by atoms with Gasteiger partial charge >= 0.3 is 0 Å². The summed E-state index contributed by atoms with van der Waals surface area (Å²) in [4.78, 5) is 12.5. The molecule has 19 heavy (non-hydrogen) atoms. The smallest absolute Gasteiger partial charge is 0.227 e. The molecule has 2 bridgehead atoms. The highest BCUT2D eigenvalue weighted by molar-refractivity contribution is 5.84. The first kappa shape index (κ1) is 12.2. The lowest BCUT2D eigenvalue weighted by molar-refractivity contribution is -0.136. The maximum absolute atomic E-state index is 12.5. The van der Waals surface area contributed by atoms with Crippen molar-refractivity contribution in [3.63, 3.8) is 0 Å². The third-order valence-corrected chi connectivity index (χ3v) is 6.93. The molecule has 3 heteroatoms. The van der Waals surface area contributed by atoms with Crippen LogP contribution < -0.4 is 11.1 Å². The second-order valence-electron chi connectivity index (χ2n) is 7.57. The lowest BCUT2D eigenvalue weighted by atomic mass is 9.67. The van der Waals surface area contributed by atoms with Gasteiger partial charge in [-0.2, -0.15) is 0 Å². The molecular weight excluding hydrogens is 236 g/mol. The van der Waals surface area contributed by atoms with E-state index in [9.17, 15) is 4.79 Å². The van der Waals surface area contributed by atoms with E-state index in [4.69, 9.17) is 5.73 Å². The van der Waals surface area contributed by atoms with E-state index in [-0.39, 0.29) is 11.3 Å². The number of fused-ring (bicyclic) bond motifs is 5. The number of hydrogen-bond donors (Lipinski definition) is 2. The zero-order chi connectivity index (χ0) is 13.0. The molecule has 1 amide bonds. The van der Waals surface area contributed by atoms with Crippen molar-refractivity contribution in [1.82, 2.24) is 5.32 Å². The van der Waals surface area contributed by atoms with E-state index in [1.165, 1.54) is 38.5 Å². The average molecular weight is 262 g/mol. The minimum absolute atomic E-state index is 0.198. The summed E-state index contributed by atoms with van der Waals surface area (Å²) in [6.45, 7) is 0.533. The summed E-state index contributed by atoms with van der Waals surface area (Å²) >= 11 is 0. The van der Waals surface area contributed by atoms with Crippen molar-refractivity contribution < 1.29 is 4.79 Å². The van der Waals surface area contributed by atoms with Crippen molar-refractivity contribution >= 4 is 5.91 Å². The lowest BCUT2D eigenvalue weighted by Gasteiger charge is -2.41. The molecule has 0 radical (unpaired) electrons. The van der Waals surface area contributed by atoms with Crippen molar-refractivity contribution in [2.24, 2.45) is 34.8 Å². The number of amides is 1. The van der Waals surface area contributed by atoms with Gasteiger partial charge in [0, 0.05) is 12.6 Å². The normalized spacial score (nSPS) is 45.8. The quantitative estimate of drug-likeness (QED) is 0.818. The molecule has 3 N–H and O–H groups in total. The molecule has 4 aliphatic rings. The van der Waals surface area contributed by atoms with Crippen LogP contribution in [0.1, 0.15) is 51.4 Å². The van der Waals surface area contributed by atoms with Crippen molar-refractivity contribution in [3.05, 3.63) is 0 Å². The molecule has 0 aromatic carbocycles. The minimum atomic E-state index is -0.198. The fourth-order valence-corrected chi connectivity index (χ4v) is 5.68. The third-order valence-electron chi connectivity index (χ3n) is 6.93. The average Bonchev–Trinajstić information content (AvgIpc) is 2.98. The molecule has 0 aromatic heterocycles. The monoisotopic (exact) mass is 262 g/mol. The Hall–Kier alpha value is -0.570. The van der Waals surface area contributed by atoms with Gasteiger partial charge in [-0.3, -0.25) is 4.79 Å². The first-order chi connectivity index (χ1) is 9.23. The number of carbonyl (C=O) groups is 1. The van der Waals surface area contributed by atoms with Crippen LogP contribution in [-0.4, -0.2) is 18.5 Å². The standard InChI is InChI=1S/C16H26N2O/c17-9-16(5-2-6-16)15(19)18-14-8-10-7-13(14)12-4-1-3-11(10)12/h10-14H,1-9,17H2,(H,18,19). The Morgan fingerprint density at radius 1 is 1.11 bits per heavy atom. The van der Waals surface area contributed by atoms with Crippen molar-refractivity contribution in [2.45, 2.75) is 57.4 Å². The second-order valence-corrected chi connectivity index (χ2v) is 7.57. The van der Waals surface area contributed by atoms with Gasteiger partial charge in [0.05, 0.1) is 5.41 Å². The minimum Gasteiger partial charge on any atom is -0.353 e. The highest BCUT2D eigenvalue weighted by Gasteiger charge is 2.55. The van der Waals surface area contributed by atoms with Crippen LogP contribution in [-0.2, 0) is 4.79 Å². The van der Waals surface area contributed by atoms with E-state index in [2.05, 4.69) is 5.32 Å². The molecule has 0 saturated heterocycles. The molecule has 5 unspecified atom stereocenters. The first-order valence-corrected chi connectivity index (χ1v) is 8.24. The zero-order valence-corrected chi connectivity index (χ0v) is 11.7. The molecule has 0 aliphatic heterocycles. The Balaban J connectivity index is 1.43. The molecule has 4 aliphatic carbocycles. The van der Waals surface area contributed by atoms with E-state index in [0.717, 1.165) is 36.5 Å². The summed E-state index contributed by atoms with van der Waals surface area (Å²) in [5, 5.41) is 3.40. The summed E-state index contributed by atoms with van der Waals surface area (Å²) in [5.41, 5.74) is 5.65. The van der Waals surface area contributed by atoms with E-state index in [1.807, 2.05) is 0 Å². The Kier molecular flexibility index (Phi) is 2.70. The van der Waals surface area contributed by atoms with Crippen molar-refractivity contribution in [1.29, 1.82) is 0 Å². The molecule has 4 saturated carbocycles. The van der Waals surface area contributed by atoms with Crippen LogP contribution in [0.4, 0.5) is 0 Å². The highest BCUT2D eigenvalue weighted by atomic mass is 16.2. The lowest BCUT2D eigenvalue weighted by Crippen LogP contribution is -2.54. The molecule has 106 valence electrons. The van der Waals surface area contributed by atoms with Gasteiger partial charge < -0.3 is 11.1 Å². The molecular formula is C16H26N2O. The van der Waals surface area contributed by atoms with Gasteiger partial charge in [0.1, 0.15) is 0 Å². The van der Waals surface area contributed by atoms with Gasteiger partial charge in [0.25, 0.3) is 0 Å². The van der Waals surface area contributed by atoms with Crippen LogP contribution >= 0.6 is 0 Å². The maximum Gasteiger partial charge on any atom is 0.227 e. The van der Waals surface area contributed by atoms with Gasteiger partial charge in [0.15, 0.2) is 0 Å². The zero-order valence-electron chi connectivity index (χ0n) is 11.7. The van der Waals surface area contributed by atoms with E-state index < -0.39 is 0 Å². The van der Waals surface area contributed by atoms with Crippen molar-refractivity contribution in [2.75, 3.05) is 6.54 Å². The first-order valence-electron chi connectivity index (χ1n) is 8.24. The molecule has 0 heterocycles. The van der Waals surface area contributed by atoms with Crippen LogP contribution in [0.2, 0.25) is 0 Å². The van der Waals surface area contributed by atoms with Crippen molar-refractivity contribution in [3.8, 4) is 0 Å². The number of nitrogens with one attached hydrogen (secondary N) is 1. The molecule has 3 nitrogen and oxygen atoms in total. The number of hydrogen-bond acceptors (Lipinski definition) is 2. The summed E-state index contributed by atoms with van der Waals surface area (Å²) < 4.78 is 0. The van der Waals surface area contributed by atoms with E-state index in [0.29, 0.717) is 12.6 Å². The number of rotatable bonds is 3. The number of carbonyl (C=O) groups excluding carboxylic acids is 1. The molecule has 5 atom stereocenters. The predicted molar refractivity (Wildman–Crippen MR) is 74.3 cm³/mol. The Morgan fingerprint density at radius 2 is 1.89 bits per heavy atom. The van der Waals surface area contributed by atoms with Crippen LogP contribution in [0.25, 0.3) is 0 Å². The Bertz CT molecular complexity index is 385. The fraction of sp³-hybridized carbons (Fsp3) is 0.938. The van der Waals surface area contributed by atoms with Gasteiger partial charge in [-0.1, -0.05) is 12.8 Å². The van der Waals surface area contributed by atoms with Crippen LogP contribution in [0.15, 0.2) is 0 Å². The van der Waals surface area contributed by atoms with Crippen LogP contribution in [0.5, 0.6) is 0 Å². The number of nitrogens with two attached hydrogens (primary N) is 1. The molecule has 0 aromatic rings. The highest BCUT2D eigenvalue weighted by Crippen LogP contribution is 2.58. The van der Waals surface area contributed by atoms with Crippen LogP contribution in [0.3, 0.4) is 0 Å². The topological polar surface area (TPSA) is 55.1 Å². The van der Waals surface area contributed by atoms with Gasteiger partial charge in [-0.15, -0.1) is 0 Å². The SMILES string of the molecule is NCC1(C(=O)NC2CC3CC2C2CCCC32)CCC1. The summed E-state index contributed by atoms with van der Waals surface area (Å²) in [7, 11) is 0. The fourth-order valence-electron chi connectivity index (χ4n) is 5.68. The summed E-state index contributed by atoms with van der Waals surface area (Å²) in [6, 6.07) is 0.473. The molecule has 4 rings (SSSR count). The second kappa shape index (κ2) is 4.21. The van der Waals surface area contributed by atoms with Crippen LogP contribution in [0, 0.1) is 29.1 Å². The Labute approximate surface area is 115 Å². The Morgan fingerprint density at radius 3 is 2.58 bits per heavy atom. The van der Waals surface area contributed by atoms with Gasteiger partial charge in [0.2, 0.25) is 5.91 Å². The van der Waals surface area contributed by atoms with Gasteiger partial charge in [-0.05, 0) is 62.2 Å². The predicted octanol–water partition coefficient (Wildman–Crippen LogP) is 2.06. The third kappa shape index (κ3) is 1.63. The van der Waals surface area contributed by atoms with E-state index in [1.54, 1.807) is 0 Å². The summed E-state index contributed by atoms with van der Waals surface area (Å²) in [6.07, 6.45) is 10.1. The maximum atomic E-state index is 12.5. The molecule has 4 fully saturated rings. The largest absolute Gasteiger partial charge is 0.353 e. The summed E-state index contributed by atoms with van der Waals surface area (Å²) in [5.74, 6) is 3.91.